The van der Waals surface area contributed by atoms with Gasteiger partial charge in [0, 0.05) is 24.3 Å². The highest BCUT2D eigenvalue weighted by Crippen LogP contribution is 2.37. The van der Waals surface area contributed by atoms with Crippen molar-refractivity contribution < 1.29 is 4.79 Å². The summed E-state index contributed by atoms with van der Waals surface area (Å²) in [5.41, 5.74) is 4.71. The number of hydrazone groups is 1. The second kappa shape index (κ2) is 6.54. The van der Waals surface area contributed by atoms with Crippen molar-refractivity contribution in [3.8, 4) is 0 Å². The number of fused-ring (bicyclic) bond motifs is 1. The van der Waals surface area contributed by atoms with Crippen LogP contribution in [0.15, 0.2) is 59.7 Å². The Morgan fingerprint density at radius 2 is 1.92 bits per heavy atom. The van der Waals surface area contributed by atoms with Crippen molar-refractivity contribution in [2.75, 3.05) is 0 Å². The van der Waals surface area contributed by atoms with Gasteiger partial charge in [-0.3, -0.25) is 4.79 Å². The monoisotopic (exact) mass is 363 g/mol. The van der Waals surface area contributed by atoms with Crippen molar-refractivity contribution in [3.05, 3.63) is 76.4 Å². The van der Waals surface area contributed by atoms with Crippen LogP contribution in [0.3, 0.4) is 0 Å². The van der Waals surface area contributed by atoms with Crippen LogP contribution in [0, 0.1) is 6.92 Å². The second-order valence-corrected chi connectivity index (χ2v) is 6.92. The Balaban J connectivity index is 1.77. The van der Waals surface area contributed by atoms with Crippen LogP contribution in [0.25, 0.3) is 10.9 Å². The fourth-order valence-corrected chi connectivity index (χ4v) is 3.62. The van der Waals surface area contributed by atoms with Gasteiger partial charge in [0.15, 0.2) is 0 Å². The first-order valence-corrected chi connectivity index (χ1v) is 8.90. The molecule has 26 heavy (non-hydrogen) atoms. The Hall–Kier alpha value is -2.72. The molecule has 0 radical (unpaired) electrons. The molecule has 4 rings (SSSR count). The molecule has 0 N–H and O–H groups in total. The first kappa shape index (κ1) is 16.7. The molecule has 3 aromatic rings. The number of benzene rings is 2. The molecule has 0 saturated carbocycles. The summed E-state index contributed by atoms with van der Waals surface area (Å²) < 4.78 is 0. The lowest BCUT2D eigenvalue weighted by Gasteiger charge is -2.21. The average Bonchev–Trinajstić information content (AvgIpc) is 3.07. The molecule has 130 valence electrons. The van der Waals surface area contributed by atoms with Crippen LogP contribution >= 0.6 is 11.6 Å². The maximum atomic E-state index is 12.2. The molecule has 2 aromatic carbocycles. The van der Waals surface area contributed by atoms with Crippen LogP contribution < -0.4 is 0 Å². The number of amides is 1. The number of rotatable bonds is 2. The van der Waals surface area contributed by atoms with Crippen molar-refractivity contribution in [3.63, 3.8) is 0 Å². The third-order valence-electron chi connectivity index (χ3n) is 4.65. The highest BCUT2D eigenvalue weighted by Gasteiger charge is 2.33. The third-order valence-corrected chi connectivity index (χ3v) is 4.96. The zero-order valence-corrected chi connectivity index (χ0v) is 15.4. The number of carbonyl (C=O) groups excluding carboxylic acids is 1. The molecular weight excluding hydrogens is 346 g/mol. The number of pyridine rings is 1. The number of hydrogen-bond acceptors (Lipinski definition) is 3. The Labute approximate surface area is 157 Å². The van der Waals surface area contributed by atoms with Crippen molar-refractivity contribution in [1.29, 1.82) is 0 Å². The summed E-state index contributed by atoms with van der Waals surface area (Å²) >= 11 is 6.50. The fraction of sp³-hybridized carbons (Fsp3) is 0.190. The molecule has 1 aromatic heterocycles. The summed E-state index contributed by atoms with van der Waals surface area (Å²) in [6.45, 7) is 3.55. The Morgan fingerprint density at radius 1 is 1.15 bits per heavy atom. The molecule has 0 fully saturated rings. The van der Waals surface area contributed by atoms with E-state index in [1.165, 1.54) is 11.9 Å². The van der Waals surface area contributed by atoms with Gasteiger partial charge < -0.3 is 0 Å². The van der Waals surface area contributed by atoms with E-state index in [2.05, 4.69) is 10.1 Å². The van der Waals surface area contributed by atoms with Gasteiger partial charge in [0.05, 0.1) is 17.3 Å². The van der Waals surface area contributed by atoms with E-state index >= 15 is 0 Å². The van der Waals surface area contributed by atoms with E-state index in [1.54, 1.807) is 0 Å². The summed E-state index contributed by atoms with van der Waals surface area (Å²) in [4.78, 5) is 16.7. The van der Waals surface area contributed by atoms with Gasteiger partial charge in [0.25, 0.3) is 0 Å². The molecule has 1 atom stereocenters. The Bertz CT molecular complexity index is 1030. The molecule has 0 aliphatic carbocycles. The van der Waals surface area contributed by atoms with E-state index in [1.807, 2.05) is 61.5 Å². The van der Waals surface area contributed by atoms with Gasteiger partial charge in [0.1, 0.15) is 5.15 Å². The third kappa shape index (κ3) is 2.97. The summed E-state index contributed by atoms with van der Waals surface area (Å²) in [5, 5.41) is 7.51. The van der Waals surface area contributed by atoms with E-state index in [0.29, 0.717) is 11.6 Å². The minimum atomic E-state index is -0.242. The molecule has 5 heteroatoms. The second-order valence-electron chi connectivity index (χ2n) is 6.56. The van der Waals surface area contributed by atoms with Gasteiger partial charge in [-0.15, -0.1) is 0 Å². The van der Waals surface area contributed by atoms with Crippen LogP contribution in [0.1, 0.15) is 36.1 Å². The van der Waals surface area contributed by atoms with Crippen LogP contribution in [0.2, 0.25) is 5.15 Å². The Kier molecular flexibility index (Phi) is 4.21. The minimum absolute atomic E-state index is 0.110. The van der Waals surface area contributed by atoms with Crippen molar-refractivity contribution in [1.82, 2.24) is 9.99 Å². The van der Waals surface area contributed by atoms with E-state index in [-0.39, 0.29) is 11.9 Å². The summed E-state index contributed by atoms with van der Waals surface area (Å²) in [5.74, 6) is -0.110. The predicted octanol–water partition coefficient (Wildman–Crippen LogP) is 4.89. The summed E-state index contributed by atoms with van der Waals surface area (Å²) in [6.07, 6.45) is 0.613. The normalized spacial score (nSPS) is 16.8. The molecular formula is C21H18ClN3O. The fourth-order valence-electron chi connectivity index (χ4n) is 3.35. The van der Waals surface area contributed by atoms with Gasteiger partial charge >= 0.3 is 0 Å². The van der Waals surface area contributed by atoms with Crippen LogP contribution in [-0.2, 0) is 4.79 Å². The molecule has 1 amide bonds. The van der Waals surface area contributed by atoms with Crippen LogP contribution in [-0.4, -0.2) is 21.6 Å². The number of aryl methyl sites for hydroxylation is 1. The first-order chi connectivity index (χ1) is 12.5. The Morgan fingerprint density at radius 3 is 2.65 bits per heavy atom. The predicted molar refractivity (Wildman–Crippen MR) is 104 cm³/mol. The lowest BCUT2D eigenvalue weighted by molar-refractivity contribution is -0.130. The first-order valence-electron chi connectivity index (χ1n) is 8.52. The SMILES string of the molecule is CC(=O)N1N=C(c2ccccc2)C[C@H]1c1cc2ccc(C)cc2nc1Cl. The van der Waals surface area contributed by atoms with Gasteiger partial charge in [-0.2, -0.15) is 5.10 Å². The highest BCUT2D eigenvalue weighted by molar-refractivity contribution is 6.30. The van der Waals surface area contributed by atoms with Crippen LogP contribution in [0.4, 0.5) is 0 Å². The highest BCUT2D eigenvalue weighted by atomic mass is 35.5. The standard InChI is InChI=1S/C21H18ClN3O/c1-13-8-9-16-11-17(21(22)23-18(16)10-13)20-12-19(24-25(20)14(2)26)15-6-4-3-5-7-15/h3-11,20H,12H2,1-2H3/t20-/m0/s1. The van der Waals surface area contributed by atoms with Gasteiger partial charge in [-0.1, -0.05) is 54.1 Å². The quantitative estimate of drug-likeness (QED) is 0.608. The van der Waals surface area contributed by atoms with Crippen molar-refractivity contribution in [2.45, 2.75) is 26.3 Å². The van der Waals surface area contributed by atoms with E-state index < -0.39 is 0 Å². The number of hydrogen-bond donors (Lipinski definition) is 0. The number of carbonyl (C=O) groups is 1. The number of nitrogens with zero attached hydrogens (tertiary/aromatic N) is 3. The lowest BCUT2D eigenvalue weighted by atomic mass is 9.98. The molecule has 0 spiro atoms. The van der Waals surface area contributed by atoms with Crippen LogP contribution in [0.5, 0.6) is 0 Å². The van der Waals surface area contributed by atoms with E-state index in [0.717, 1.165) is 33.3 Å². The smallest absolute Gasteiger partial charge is 0.240 e. The lowest BCUT2D eigenvalue weighted by Crippen LogP contribution is -2.24. The van der Waals surface area contributed by atoms with Gasteiger partial charge in [-0.25, -0.2) is 9.99 Å². The van der Waals surface area contributed by atoms with E-state index in [4.69, 9.17) is 11.6 Å². The zero-order valence-electron chi connectivity index (χ0n) is 14.6. The minimum Gasteiger partial charge on any atom is -0.273 e. The number of halogens is 1. The zero-order chi connectivity index (χ0) is 18.3. The molecule has 0 saturated heterocycles. The molecule has 1 aliphatic heterocycles. The maximum Gasteiger partial charge on any atom is 0.240 e. The molecule has 4 nitrogen and oxygen atoms in total. The summed E-state index contributed by atoms with van der Waals surface area (Å²) in [7, 11) is 0. The van der Waals surface area contributed by atoms with Crippen molar-refractivity contribution >= 4 is 34.1 Å². The van der Waals surface area contributed by atoms with Crippen molar-refractivity contribution in [2.24, 2.45) is 5.10 Å². The molecule has 0 unspecified atom stereocenters. The van der Waals surface area contributed by atoms with Gasteiger partial charge in [0.2, 0.25) is 5.91 Å². The summed E-state index contributed by atoms with van der Waals surface area (Å²) in [6, 6.07) is 17.8. The number of aromatic nitrogens is 1. The maximum absolute atomic E-state index is 12.2. The van der Waals surface area contributed by atoms with E-state index in [9.17, 15) is 4.79 Å². The molecule has 1 aliphatic rings. The average molecular weight is 364 g/mol. The molecule has 0 bridgehead atoms. The molecule has 2 heterocycles. The topological polar surface area (TPSA) is 45.6 Å². The largest absolute Gasteiger partial charge is 0.273 e. The van der Waals surface area contributed by atoms with Gasteiger partial charge in [-0.05, 0) is 30.2 Å².